The lowest BCUT2D eigenvalue weighted by Crippen LogP contribution is -2.35. The number of nitrogens with one attached hydrogen (secondary N) is 2. The average molecular weight is 310 g/mol. The standard InChI is InChI=1S/C14H15N3OS.ClH/c18-13(12-5-2-6-15-12)17-11-4-1-3-10(9-11)14-16-7-8-19-14;/h1,3-4,7-9,12,15H,2,5-6H2,(H,17,18);1H/t12-;/m0./s1. The molecule has 106 valence electrons. The lowest BCUT2D eigenvalue weighted by molar-refractivity contribution is -0.117. The molecule has 6 heteroatoms. The van der Waals surface area contributed by atoms with Crippen LogP contribution in [0.15, 0.2) is 35.8 Å². The van der Waals surface area contributed by atoms with Crippen LogP contribution in [-0.4, -0.2) is 23.5 Å². The van der Waals surface area contributed by atoms with Gasteiger partial charge in [0.2, 0.25) is 5.91 Å². The minimum atomic E-state index is -0.0523. The van der Waals surface area contributed by atoms with Crippen molar-refractivity contribution in [1.82, 2.24) is 10.3 Å². The number of hydrogen-bond acceptors (Lipinski definition) is 4. The van der Waals surface area contributed by atoms with E-state index in [0.717, 1.165) is 35.6 Å². The lowest BCUT2D eigenvalue weighted by atomic mass is 10.2. The molecule has 2 heterocycles. The Morgan fingerprint density at radius 1 is 1.45 bits per heavy atom. The first-order chi connectivity index (χ1) is 9.33. The summed E-state index contributed by atoms with van der Waals surface area (Å²) in [5.41, 5.74) is 1.86. The SMILES string of the molecule is Cl.O=C(Nc1cccc(-c2nccs2)c1)[C@@H]1CCCN1. The van der Waals surface area contributed by atoms with Crippen LogP contribution in [0.2, 0.25) is 0 Å². The third-order valence-electron chi connectivity index (χ3n) is 3.19. The highest BCUT2D eigenvalue weighted by Gasteiger charge is 2.21. The third kappa shape index (κ3) is 3.36. The topological polar surface area (TPSA) is 54.0 Å². The molecule has 4 nitrogen and oxygen atoms in total. The summed E-state index contributed by atoms with van der Waals surface area (Å²) in [6.45, 7) is 0.928. The smallest absolute Gasteiger partial charge is 0.241 e. The van der Waals surface area contributed by atoms with Crippen molar-refractivity contribution in [2.45, 2.75) is 18.9 Å². The highest BCUT2D eigenvalue weighted by Crippen LogP contribution is 2.24. The molecule has 0 radical (unpaired) electrons. The number of nitrogens with zero attached hydrogens (tertiary/aromatic N) is 1. The van der Waals surface area contributed by atoms with Gasteiger partial charge in [0, 0.05) is 22.8 Å². The Balaban J connectivity index is 0.00000147. The maximum atomic E-state index is 12.0. The monoisotopic (exact) mass is 309 g/mol. The number of thiazole rings is 1. The molecule has 1 aromatic carbocycles. The predicted molar refractivity (Wildman–Crippen MR) is 84.5 cm³/mol. The van der Waals surface area contributed by atoms with Gasteiger partial charge in [-0.15, -0.1) is 23.7 Å². The fraction of sp³-hybridized carbons (Fsp3) is 0.286. The minimum absolute atomic E-state index is 0. The van der Waals surface area contributed by atoms with Crippen LogP contribution in [0.5, 0.6) is 0 Å². The van der Waals surface area contributed by atoms with Gasteiger partial charge in [0.1, 0.15) is 5.01 Å². The van der Waals surface area contributed by atoms with Crippen molar-refractivity contribution in [3.05, 3.63) is 35.8 Å². The number of halogens is 1. The average Bonchev–Trinajstić information content (AvgIpc) is 3.13. The summed E-state index contributed by atoms with van der Waals surface area (Å²) in [6, 6.07) is 7.76. The number of anilines is 1. The first-order valence-electron chi connectivity index (χ1n) is 6.37. The molecule has 0 bridgehead atoms. The second kappa shape index (κ2) is 6.83. The molecule has 1 aliphatic rings. The van der Waals surface area contributed by atoms with Crippen LogP contribution in [0.4, 0.5) is 5.69 Å². The summed E-state index contributed by atoms with van der Waals surface area (Å²) >= 11 is 1.59. The molecule has 0 unspecified atom stereocenters. The normalized spacial score (nSPS) is 17.5. The summed E-state index contributed by atoms with van der Waals surface area (Å²) in [6.07, 6.45) is 3.77. The van der Waals surface area contributed by atoms with Gasteiger partial charge in [0.15, 0.2) is 0 Å². The van der Waals surface area contributed by atoms with Crippen LogP contribution < -0.4 is 10.6 Å². The molecule has 0 saturated carbocycles. The van der Waals surface area contributed by atoms with Gasteiger partial charge in [-0.25, -0.2) is 4.98 Å². The van der Waals surface area contributed by atoms with Crippen LogP contribution in [0, 0.1) is 0 Å². The van der Waals surface area contributed by atoms with E-state index in [9.17, 15) is 4.79 Å². The van der Waals surface area contributed by atoms with E-state index in [4.69, 9.17) is 0 Å². The molecule has 1 fully saturated rings. The largest absolute Gasteiger partial charge is 0.325 e. The Bertz CT molecular complexity index is 568. The molecule has 0 spiro atoms. The molecular formula is C14H16ClN3OS. The van der Waals surface area contributed by atoms with Gasteiger partial charge in [-0.05, 0) is 31.5 Å². The van der Waals surface area contributed by atoms with E-state index in [-0.39, 0.29) is 24.4 Å². The summed E-state index contributed by atoms with van der Waals surface area (Å²) < 4.78 is 0. The van der Waals surface area contributed by atoms with E-state index in [1.165, 1.54) is 0 Å². The third-order valence-corrected chi connectivity index (χ3v) is 4.01. The quantitative estimate of drug-likeness (QED) is 0.916. The zero-order chi connectivity index (χ0) is 13.1. The summed E-state index contributed by atoms with van der Waals surface area (Å²) in [5.74, 6) is 0.0498. The van der Waals surface area contributed by atoms with Crippen molar-refractivity contribution < 1.29 is 4.79 Å². The summed E-state index contributed by atoms with van der Waals surface area (Å²) in [4.78, 5) is 16.3. The maximum absolute atomic E-state index is 12.0. The van der Waals surface area contributed by atoms with Gasteiger partial charge < -0.3 is 10.6 Å². The first kappa shape index (κ1) is 15.0. The maximum Gasteiger partial charge on any atom is 0.241 e. The van der Waals surface area contributed by atoms with Gasteiger partial charge in [-0.2, -0.15) is 0 Å². The highest BCUT2D eigenvalue weighted by molar-refractivity contribution is 7.13. The molecule has 1 aromatic heterocycles. The van der Waals surface area contributed by atoms with Crippen LogP contribution in [0.3, 0.4) is 0 Å². The first-order valence-corrected chi connectivity index (χ1v) is 7.25. The Morgan fingerprint density at radius 3 is 3.05 bits per heavy atom. The van der Waals surface area contributed by atoms with E-state index >= 15 is 0 Å². The van der Waals surface area contributed by atoms with Gasteiger partial charge in [-0.3, -0.25) is 4.79 Å². The van der Waals surface area contributed by atoms with Crippen molar-refractivity contribution in [2.75, 3.05) is 11.9 Å². The molecule has 1 saturated heterocycles. The number of benzene rings is 1. The fourth-order valence-electron chi connectivity index (χ4n) is 2.23. The molecule has 1 amide bonds. The number of aromatic nitrogens is 1. The molecule has 20 heavy (non-hydrogen) atoms. The minimum Gasteiger partial charge on any atom is -0.325 e. The van der Waals surface area contributed by atoms with E-state index in [2.05, 4.69) is 15.6 Å². The van der Waals surface area contributed by atoms with E-state index in [0.29, 0.717) is 0 Å². The summed E-state index contributed by atoms with van der Waals surface area (Å²) in [5, 5.41) is 9.07. The molecule has 2 aromatic rings. The van der Waals surface area contributed by atoms with Crippen molar-refractivity contribution >= 4 is 35.3 Å². The molecule has 3 rings (SSSR count). The van der Waals surface area contributed by atoms with Gasteiger partial charge in [-0.1, -0.05) is 12.1 Å². The summed E-state index contributed by atoms with van der Waals surface area (Å²) in [7, 11) is 0. The highest BCUT2D eigenvalue weighted by atomic mass is 35.5. The number of hydrogen-bond donors (Lipinski definition) is 2. The number of carbonyl (C=O) groups is 1. The number of rotatable bonds is 3. The second-order valence-electron chi connectivity index (χ2n) is 4.56. The van der Waals surface area contributed by atoms with E-state index in [1.807, 2.05) is 29.6 Å². The molecule has 0 aliphatic carbocycles. The Labute approximate surface area is 128 Å². The van der Waals surface area contributed by atoms with Crippen LogP contribution in [0.25, 0.3) is 10.6 Å². The molecule has 2 N–H and O–H groups in total. The molecular weight excluding hydrogens is 294 g/mol. The van der Waals surface area contributed by atoms with E-state index < -0.39 is 0 Å². The van der Waals surface area contributed by atoms with Crippen molar-refractivity contribution in [1.29, 1.82) is 0 Å². The number of carbonyl (C=O) groups excluding carboxylic acids is 1. The van der Waals surface area contributed by atoms with Gasteiger partial charge >= 0.3 is 0 Å². The van der Waals surface area contributed by atoms with Crippen molar-refractivity contribution in [3.63, 3.8) is 0 Å². The second-order valence-corrected chi connectivity index (χ2v) is 5.45. The fourth-order valence-corrected chi connectivity index (χ4v) is 2.87. The predicted octanol–water partition coefficient (Wildman–Crippen LogP) is 2.92. The van der Waals surface area contributed by atoms with Gasteiger partial charge in [0.25, 0.3) is 0 Å². The van der Waals surface area contributed by atoms with Gasteiger partial charge in [0.05, 0.1) is 6.04 Å². The number of amides is 1. The lowest BCUT2D eigenvalue weighted by Gasteiger charge is -2.11. The Kier molecular flexibility index (Phi) is 5.11. The van der Waals surface area contributed by atoms with Crippen molar-refractivity contribution in [2.24, 2.45) is 0 Å². The Hall–Kier alpha value is -1.43. The zero-order valence-electron chi connectivity index (χ0n) is 10.8. The molecule has 1 aliphatic heterocycles. The van der Waals surface area contributed by atoms with E-state index in [1.54, 1.807) is 17.5 Å². The zero-order valence-corrected chi connectivity index (χ0v) is 12.5. The van der Waals surface area contributed by atoms with Crippen LogP contribution in [0.1, 0.15) is 12.8 Å². The Morgan fingerprint density at radius 2 is 2.35 bits per heavy atom. The van der Waals surface area contributed by atoms with Crippen LogP contribution in [-0.2, 0) is 4.79 Å². The van der Waals surface area contributed by atoms with Crippen LogP contribution >= 0.6 is 23.7 Å². The molecule has 1 atom stereocenters. The van der Waals surface area contributed by atoms with Crippen molar-refractivity contribution in [3.8, 4) is 10.6 Å².